The van der Waals surface area contributed by atoms with Crippen LogP contribution in [0.15, 0.2) is 34.4 Å². The van der Waals surface area contributed by atoms with Crippen LogP contribution < -0.4 is 30.2 Å². The summed E-state index contributed by atoms with van der Waals surface area (Å²) >= 11 is 0. The van der Waals surface area contributed by atoms with Crippen LogP contribution in [0.3, 0.4) is 0 Å². The molecule has 0 radical (unpaired) electrons. The largest absolute Gasteiger partial charge is 0.496 e. The van der Waals surface area contributed by atoms with Gasteiger partial charge in [0.1, 0.15) is 23.1 Å². The Morgan fingerprint density at radius 2 is 1.85 bits per heavy atom. The first-order valence-electron chi connectivity index (χ1n) is 10.7. The molecule has 2 atom stereocenters. The van der Waals surface area contributed by atoms with Gasteiger partial charge in [0.05, 0.1) is 45.5 Å². The van der Waals surface area contributed by atoms with Crippen LogP contribution >= 0.6 is 0 Å². The fourth-order valence-electron chi connectivity index (χ4n) is 4.49. The first kappa shape index (κ1) is 22.6. The summed E-state index contributed by atoms with van der Waals surface area (Å²) in [5.74, 6) is 0.778. The average Bonchev–Trinajstić information content (AvgIpc) is 3.33. The number of aryl methyl sites for hydroxylation is 1. The zero-order valence-electron chi connectivity index (χ0n) is 19.1. The first-order chi connectivity index (χ1) is 15.9. The highest BCUT2D eigenvalue weighted by atomic mass is 16.5. The van der Waals surface area contributed by atoms with Crippen LogP contribution in [0, 0.1) is 18.3 Å². The second-order valence-corrected chi connectivity index (χ2v) is 7.99. The number of pyridine rings is 1. The third-order valence-electron chi connectivity index (χ3n) is 6.15. The molecule has 0 spiro atoms. The number of allylic oxidation sites excluding steroid dienone is 1. The van der Waals surface area contributed by atoms with Gasteiger partial charge >= 0.3 is 0 Å². The standard InChI is InChI=1S/C24H27N3O6/c1-13-8-20-22(24(28)27(13)12-14-6-5-7-32-14)21(16(11-25)23(26)33-20)15-9-18(30-3)19(31-4)10-17(15)29-2/h8-10,14,21H,5-7,12,26H2,1-4H3/t14-,21+/m1/s1. The van der Waals surface area contributed by atoms with Gasteiger partial charge in [-0.3, -0.25) is 4.79 Å². The van der Waals surface area contributed by atoms with Gasteiger partial charge in [-0.1, -0.05) is 0 Å². The molecule has 1 aromatic carbocycles. The van der Waals surface area contributed by atoms with Crippen molar-refractivity contribution in [2.75, 3.05) is 27.9 Å². The number of nitriles is 1. The maximum absolute atomic E-state index is 13.8. The Balaban J connectivity index is 1.96. The van der Waals surface area contributed by atoms with E-state index in [1.165, 1.54) is 21.3 Å². The molecular formula is C24H27N3O6. The van der Waals surface area contributed by atoms with Crippen molar-refractivity contribution in [3.8, 4) is 29.1 Å². The van der Waals surface area contributed by atoms with Gasteiger partial charge in [-0.2, -0.15) is 5.26 Å². The maximum atomic E-state index is 13.8. The van der Waals surface area contributed by atoms with Gasteiger partial charge in [-0.05, 0) is 25.8 Å². The molecule has 3 heterocycles. The van der Waals surface area contributed by atoms with Gasteiger partial charge in [-0.15, -0.1) is 0 Å². The lowest BCUT2D eigenvalue weighted by Gasteiger charge is -2.29. The van der Waals surface area contributed by atoms with E-state index in [1.54, 1.807) is 22.8 Å². The summed E-state index contributed by atoms with van der Waals surface area (Å²) in [4.78, 5) is 13.8. The highest BCUT2D eigenvalue weighted by Crippen LogP contribution is 2.46. The second-order valence-electron chi connectivity index (χ2n) is 7.99. The number of methoxy groups -OCH3 is 3. The van der Waals surface area contributed by atoms with Gasteiger partial charge in [0.15, 0.2) is 11.5 Å². The monoisotopic (exact) mass is 453 g/mol. The molecule has 4 rings (SSSR count). The van der Waals surface area contributed by atoms with Crippen LogP contribution in [-0.4, -0.2) is 38.6 Å². The molecule has 0 saturated carbocycles. The van der Waals surface area contributed by atoms with Crippen molar-refractivity contribution in [3.63, 3.8) is 0 Å². The molecule has 2 aromatic rings. The van der Waals surface area contributed by atoms with Crippen LogP contribution in [0.1, 0.15) is 35.6 Å². The van der Waals surface area contributed by atoms with E-state index in [0.29, 0.717) is 47.3 Å². The average molecular weight is 453 g/mol. The molecule has 0 unspecified atom stereocenters. The van der Waals surface area contributed by atoms with Crippen LogP contribution in [0.2, 0.25) is 0 Å². The van der Waals surface area contributed by atoms with Gasteiger partial charge in [-0.25, -0.2) is 0 Å². The quantitative estimate of drug-likeness (QED) is 0.709. The number of fused-ring (bicyclic) bond motifs is 1. The minimum Gasteiger partial charge on any atom is -0.496 e. The number of nitrogens with two attached hydrogens (primary N) is 1. The number of rotatable bonds is 6. The Kier molecular flexibility index (Phi) is 6.20. The molecule has 174 valence electrons. The minimum atomic E-state index is -0.808. The van der Waals surface area contributed by atoms with E-state index in [9.17, 15) is 10.1 Å². The van der Waals surface area contributed by atoms with E-state index < -0.39 is 5.92 Å². The van der Waals surface area contributed by atoms with Crippen molar-refractivity contribution in [2.45, 2.75) is 38.3 Å². The van der Waals surface area contributed by atoms with Crippen molar-refractivity contribution < 1.29 is 23.7 Å². The molecule has 9 heteroatoms. The van der Waals surface area contributed by atoms with E-state index in [-0.39, 0.29) is 23.1 Å². The summed E-state index contributed by atoms with van der Waals surface area (Å²) in [5, 5.41) is 9.96. The summed E-state index contributed by atoms with van der Waals surface area (Å²) in [5.41, 5.74) is 7.57. The Morgan fingerprint density at radius 1 is 1.15 bits per heavy atom. The molecule has 2 aliphatic heterocycles. The summed E-state index contributed by atoms with van der Waals surface area (Å²) in [6.07, 6.45) is 1.83. The van der Waals surface area contributed by atoms with Crippen LogP contribution in [-0.2, 0) is 11.3 Å². The van der Waals surface area contributed by atoms with E-state index >= 15 is 0 Å². The van der Waals surface area contributed by atoms with Gasteiger partial charge in [0, 0.05) is 30.0 Å². The predicted molar refractivity (Wildman–Crippen MR) is 120 cm³/mol. The number of benzene rings is 1. The molecule has 33 heavy (non-hydrogen) atoms. The predicted octanol–water partition coefficient (Wildman–Crippen LogP) is 2.58. The lowest BCUT2D eigenvalue weighted by atomic mass is 9.83. The SMILES string of the molecule is COc1cc(OC)c([C@H]2C(C#N)=C(N)Oc3cc(C)n(C[C@H]4CCCO4)c(=O)c32)cc1OC. The zero-order chi connectivity index (χ0) is 23.7. The van der Waals surface area contributed by atoms with Crippen molar-refractivity contribution in [1.29, 1.82) is 5.26 Å². The number of aromatic nitrogens is 1. The van der Waals surface area contributed by atoms with E-state index in [0.717, 1.165) is 18.5 Å². The molecule has 0 amide bonds. The van der Waals surface area contributed by atoms with Crippen molar-refractivity contribution in [2.24, 2.45) is 5.73 Å². The minimum absolute atomic E-state index is 0.0333. The summed E-state index contributed by atoms with van der Waals surface area (Å²) in [6.45, 7) is 2.95. The fourth-order valence-corrected chi connectivity index (χ4v) is 4.49. The number of hydrogen-bond donors (Lipinski definition) is 1. The fraction of sp³-hybridized carbons (Fsp3) is 0.417. The highest BCUT2D eigenvalue weighted by Gasteiger charge is 2.37. The van der Waals surface area contributed by atoms with Gasteiger partial charge in [0.25, 0.3) is 5.56 Å². The molecule has 9 nitrogen and oxygen atoms in total. The molecule has 1 aromatic heterocycles. The Bertz CT molecular complexity index is 1200. The molecular weight excluding hydrogens is 426 g/mol. The molecule has 0 bridgehead atoms. The number of ether oxygens (including phenoxy) is 5. The van der Waals surface area contributed by atoms with Gasteiger partial charge in [0.2, 0.25) is 5.88 Å². The molecule has 1 saturated heterocycles. The highest BCUT2D eigenvalue weighted by molar-refractivity contribution is 5.61. The summed E-state index contributed by atoms with van der Waals surface area (Å²) in [6, 6.07) is 7.26. The van der Waals surface area contributed by atoms with Crippen molar-refractivity contribution in [1.82, 2.24) is 4.57 Å². The molecule has 2 N–H and O–H groups in total. The third-order valence-corrected chi connectivity index (χ3v) is 6.15. The van der Waals surface area contributed by atoms with Crippen molar-refractivity contribution in [3.05, 3.63) is 56.8 Å². The summed E-state index contributed by atoms with van der Waals surface area (Å²) in [7, 11) is 4.54. The first-order valence-corrected chi connectivity index (χ1v) is 10.7. The Morgan fingerprint density at radius 3 is 2.45 bits per heavy atom. The van der Waals surface area contributed by atoms with Gasteiger partial charge < -0.3 is 34.0 Å². The summed E-state index contributed by atoms with van der Waals surface area (Å²) < 4.78 is 29.6. The zero-order valence-corrected chi connectivity index (χ0v) is 19.1. The lowest BCUT2D eigenvalue weighted by molar-refractivity contribution is 0.0954. The lowest BCUT2D eigenvalue weighted by Crippen LogP contribution is -2.35. The number of nitrogens with zero attached hydrogens (tertiary/aromatic N) is 2. The van der Waals surface area contributed by atoms with Crippen molar-refractivity contribution >= 4 is 0 Å². The molecule has 0 aliphatic carbocycles. The van der Waals surface area contributed by atoms with Crippen LogP contribution in [0.25, 0.3) is 0 Å². The van der Waals surface area contributed by atoms with Crippen LogP contribution in [0.4, 0.5) is 0 Å². The number of hydrogen-bond acceptors (Lipinski definition) is 8. The van der Waals surface area contributed by atoms with Crippen LogP contribution in [0.5, 0.6) is 23.0 Å². The maximum Gasteiger partial charge on any atom is 0.258 e. The third kappa shape index (κ3) is 3.87. The Labute approximate surface area is 191 Å². The van der Waals surface area contributed by atoms with E-state index in [1.807, 2.05) is 6.92 Å². The van der Waals surface area contributed by atoms with E-state index in [2.05, 4.69) is 6.07 Å². The molecule has 2 aliphatic rings. The second kappa shape index (κ2) is 9.08. The normalized spacial score (nSPS) is 19.5. The van der Waals surface area contributed by atoms with E-state index in [4.69, 9.17) is 29.4 Å². The molecule has 1 fully saturated rings. The smallest absolute Gasteiger partial charge is 0.258 e. The topological polar surface area (TPSA) is 118 Å². The Hall–Kier alpha value is -3.64.